The topological polar surface area (TPSA) is 9.23 Å². The Balaban J connectivity index is 1.69. The van der Waals surface area contributed by atoms with E-state index in [0.717, 1.165) is 22.6 Å². The summed E-state index contributed by atoms with van der Waals surface area (Å²) in [5.41, 5.74) is 4.38. The molecule has 0 aliphatic rings. The van der Waals surface area contributed by atoms with Crippen LogP contribution < -0.4 is 4.74 Å². The van der Waals surface area contributed by atoms with Gasteiger partial charge in [-0.25, -0.2) is 0 Å². The molecule has 0 spiro atoms. The Labute approximate surface area is 149 Å². The van der Waals surface area contributed by atoms with Crippen molar-refractivity contribution in [2.75, 3.05) is 0 Å². The third-order valence-corrected chi connectivity index (χ3v) is 3.86. The van der Waals surface area contributed by atoms with Crippen LogP contribution in [-0.4, -0.2) is 0 Å². The summed E-state index contributed by atoms with van der Waals surface area (Å²) in [4.78, 5) is 0. The van der Waals surface area contributed by atoms with Crippen molar-refractivity contribution < 1.29 is 4.74 Å². The molecule has 0 unspecified atom stereocenters. The second-order valence-electron chi connectivity index (χ2n) is 5.64. The van der Waals surface area contributed by atoms with E-state index < -0.39 is 0 Å². The lowest BCUT2D eigenvalue weighted by molar-refractivity contribution is 0.483. The first-order chi connectivity index (χ1) is 12.3. The molecule has 0 aromatic heterocycles. The summed E-state index contributed by atoms with van der Waals surface area (Å²) >= 11 is 0. The highest BCUT2D eigenvalue weighted by Gasteiger charge is 2.01. The first-order valence-electron chi connectivity index (χ1n) is 8.18. The van der Waals surface area contributed by atoms with Crippen LogP contribution in [0.25, 0.3) is 16.7 Å². The fourth-order valence-electron chi connectivity index (χ4n) is 2.50. The van der Waals surface area contributed by atoms with E-state index in [-0.39, 0.29) is 0 Å². The smallest absolute Gasteiger partial charge is 0.127 e. The molecule has 0 atom stereocenters. The number of allylic oxidation sites excluding steroid dienone is 4. The van der Waals surface area contributed by atoms with Crippen LogP contribution in [0.1, 0.15) is 5.56 Å². The largest absolute Gasteiger partial charge is 0.457 e. The monoisotopic (exact) mass is 324 g/mol. The minimum absolute atomic E-state index is 0.803. The zero-order valence-electron chi connectivity index (χ0n) is 14.1. The molecule has 1 heteroatoms. The SMILES string of the molecule is C=CC=CC(=C)c1ccc(Oc2ccc(-c3ccccc3)cc2)cc1. The van der Waals surface area contributed by atoms with Gasteiger partial charge >= 0.3 is 0 Å². The summed E-state index contributed by atoms with van der Waals surface area (Å²) < 4.78 is 5.92. The lowest BCUT2D eigenvalue weighted by Gasteiger charge is -2.08. The Morgan fingerprint density at radius 1 is 0.720 bits per heavy atom. The van der Waals surface area contributed by atoms with Crippen molar-refractivity contribution in [2.45, 2.75) is 0 Å². The van der Waals surface area contributed by atoms with Gasteiger partial charge in [-0.1, -0.05) is 86.0 Å². The van der Waals surface area contributed by atoms with E-state index in [2.05, 4.69) is 37.4 Å². The predicted octanol–water partition coefficient (Wildman–Crippen LogP) is 6.90. The third-order valence-electron chi connectivity index (χ3n) is 3.86. The Morgan fingerprint density at radius 3 is 1.88 bits per heavy atom. The van der Waals surface area contributed by atoms with Gasteiger partial charge in [-0.3, -0.25) is 0 Å². The maximum absolute atomic E-state index is 5.92. The van der Waals surface area contributed by atoms with Gasteiger partial charge < -0.3 is 4.74 Å². The molecule has 3 rings (SSSR count). The van der Waals surface area contributed by atoms with Gasteiger partial charge in [-0.2, -0.15) is 0 Å². The molecule has 0 fully saturated rings. The van der Waals surface area contributed by atoms with E-state index in [1.54, 1.807) is 6.08 Å². The van der Waals surface area contributed by atoms with Crippen LogP contribution in [0.3, 0.4) is 0 Å². The zero-order valence-corrected chi connectivity index (χ0v) is 14.1. The molecule has 0 N–H and O–H groups in total. The predicted molar refractivity (Wildman–Crippen MR) is 107 cm³/mol. The number of rotatable bonds is 6. The van der Waals surface area contributed by atoms with Crippen molar-refractivity contribution >= 4 is 5.57 Å². The molecule has 1 nitrogen and oxygen atoms in total. The fraction of sp³-hybridized carbons (Fsp3) is 0. The summed E-state index contributed by atoms with van der Waals surface area (Å²) in [5.74, 6) is 1.62. The van der Waals surface area contributed by atoms with Gasteiger partial charge in [0.1, 0.15) is 11.5 Å². The number of hydrogen-bond donors (Lipinski definition) is 0. The Bertz CT molecular complexity index is 870. The second kappa shape index (κ2) is 7.98. The first-order valence-corrected chi connectivity index (χ1v) is 8.18. The highest BCUT2D eigenvalue weighted by molar-refractivity contribution is 5.72. The van der Waals surface area contributed by atoms with Gasteiger partial charge in [0.25, 0.3) is 0 Å². The van der Waals surface area contributed by atoms with Crippen LogP contribution in [0, 0.1) is 0 Å². The molecule has 3 aromatic carbocycles. The Hall–Kier alpha value is -3.32. The molecule has 25 heavy (non-hydrogen) atoms. The Kier molecular flexibility index (Phi) is 5.28. The van der Waals surface area contributed by atoms with E-state index in [1.807, 2.05) is 66.7 Å². The van der Waals surface area contributed by atoms with E-state index in [9.17, 15) is 0 Å². The molecule has 0 bridgehead atoms. The summed E-state index contributed by atoms with van der Waals surface area (Å²) in [6, 6.07) is 26.3. The van der Waals surface area contributed by atoms with Gasteiger partial charge in [-0.15, -0.1) is 0 Å². The molecule has 122 valence electrons. The van der Waals surface area contributed by atoms with Crippen LogP contribution in [-0.2, 0) is 0 Å². The summed E-state index contributed by atoms with van der Waals surface area (Å²) in [6.07, 6.45) is 5.55. The van der Waals surface area contributed by atoms with Crippen molar-refractivity contribution in [2.24, 2.45) is 0 Å². The molecule has 0 saturated heterocycles. The lowest BCUT2D eigenvalue weighted by Crippen LogP contribution is -1.86. The van der Waals surface area contributed by atoms with Crippen LogP contribution in [0.2, 0.25) is 0 Å². The molecular formula is C24H20O. The van der Waals surface area contributed by atoms with E-state index in [0.29, 0.717) is 0 Å². The molecule has 0 radical (unpaired) electrons. The van der Waals surface area contributed by atoms with Crippen molar-refractivity contribution in [1.29, 1.82) is 0 Å². The van der Waals surface area contributed by atoms with E-state index in [4.69, 9.17) is 4.74 Å². The van der Waals surface area contributed by atoms with Crippen molar-refractivity contribution in [3.63, 3.8) is 0 Å². The molecular weight excluding hydrogens is 304 g/mol. The average Bonchev–Trinajstić information content (AvgIpc) is 2.68. The Morgan fingerprint density at radius 2 is 1.28 bits per heavy atom. The normalized spacial score (nSPS) is 10.6. The maximum atomic E-state index is 5.92. The van der Waals surface area contributed by atoms with Gasteiger partial charge in [-0.05, 0) is 46.5 Å². The minimum Gasteiger partial charge on any atom is -0.457 e. The van der Waals surface area contributed by atoms with E-state index >= 15 is 0 Å². The molecule has 0 saturated carbocycles. The first kappa shape index (κ1) is 16.5. The van der Waals surface area contributed by atoms with E-state index in [1.165, 1.54) is 11.1 Å². The summed E-state index contributed by atoms with van der Waals surface area (Å²) in [6.45, 7) is 7.70. The molecule has 3 aromatic rings. The van der Waals surface area contributed by atoms with Crippen LogP contribution in [0.15, 0.2) is 110 Å². The molecule has 0 heterocycles. The highest BCUT2D eigenvalue weighted by atomic mass is 16.5. The van der Waals surface area contributed by atoms with Crippen molar-refractivity contribution in [1.82, 2.24) is 0 Å². The third kappa shape index (κ3) is 4.36. The van der Waals surface area contributed by atoms with Crippen LogP contribution >= 0.6 is 0 Å². The zero-order chi connectivity index (χ0) is 17.5. The number of benzene rings is 3. The number of hydrogen-bond acceptors (Lipinski definition) is 1. The average molecular weight is 324 g/mol. The fourth-order valence-corrected chi connectivity index (χ4v) is 2.50. The second-order valence-corrected chi connectivity index (χ2v) is 5.64. The lowest BCUT2D eigenvalue weighted by atomic mass is 10.1. The number of ether oxygens (including phenoxy) is 1. The van der Waals surface area contributed by atoms with Gasteiger partial charge in [0.15, 0.2) is 0 Å². The quantitative estimate of drug-likeness (QED) is 0.448. The van der Waals surface area contributed by atoms with Gasteiger partial charge in [0, 0.05) is 0 Å². The summed E-state index contributed by atoms with van der Waals surface area (Å²) in [5, 5.41) is 0. The van der Waals surface area contributed by atoms with Crippen molar-refractivity contribution in [3.8, 4) is 22.6 Å². The summed E-state index contributed by atoms with van der Waals surface area (Å²) in [7, 11) is 0. The van der Waals surface area contributed by atoms with Crippen LogP contribution in [0.5, 0.6) is 11.5 Å². The standard InChI is InChI=1S/C24H20O/c1-3-4-8-19(2)20-11-15-23(16-12-20)25-24-17-13-22(14-18-24)21-9-6-5-7-10-21/h3-18H,1-2H2. The molecule has 0 aliphatic heterocycles. The highest BCUT2D eigenvalue weighted by Crippen LogP contribution is 2.26. The van der Waals surface area contributed by atoms with Crippen LogP contribution in [0.4, 0.5) is 0 Å². The van der Waals surface area contributed by atoms with Gasteiger partial charge in [0.2, 0.25) is 0 Å². The molecule has 0 amide bonds. The van der Waals surface area contributed by atoms with Crippen molar-refractivity contribution in [3.05, 3.63) is 116 Å². The maximum Gasteiger partial charge on any atom is 0.127 e. The minimum atomic E-state index is 0.803. The molecule has 0 aliphatic carbocycles. The van der Waals surface area contributed by atoms with Gasteiger partial charge in [0.05, 0.1) is 0 Å².